The van der Waals surface area contributed by atoms with Gasteiger partial charge in [0.2, 0.25) is 0 Å². The molecule has 0 bridgehead atoms. The molecule has 6 nitrogen and oxygen atoms in total. The van der Waals surface area contributed by atoms with E-state index in [0.29, 0.717) is 17.4 Å². The third-order valence-corrected chi connectivity index (χ3v) is 4.87. The normalized spacial score (nSPS) is 16.8. The predicted octanol–water partition coefficient (Wildman–Crippen LogP) is 3.91. The van der Waals surface area contributed by atoms with Gasteiger partial charge in [0.1, 0.15) is 5.58 Å². The highest BCUT2D eigenvalue weighted by Gasteiger charge is 2.33. The predicted molar refractivity (Wildman–Crippen MR) is 102 cm³/mol. The summed E-state index contributed by atoms with van der Waals surface area (Å²) in [5.41, 5.74) is -1.000. The van der Waals surface area contributed by atoms with Crippen LogP contribution in [0.25, 0.3) is 11.0 Å². The summed E-state index contributed by atoms with van der Waals surface area (Å²) < 4.78 is 45.5. The van der Waals surface area contributed by atoms with E-state index in [1.807, 2.05) is 0 Å². The van der Waals surface area contributed by atoms with Crippen LogP contribution in [0.3, 0.4) is 0 Å². The van der Waals surface area contributed by atoms with Crippen LogP contribution >= 0.6 is 0 Å². The molecule has 2 N–H and O–H groups in total. The number of furan rings is 1. The molecule has 30 heavy (non-hydrogen) atoms. The number of alkyl halides is 3. The Labute approximate surface area is 168 Å². The fraction of sp³-hybridized carbons (Fsp3) is 0.238. The van der Waals surface area contributed by atoms with Crippen LogP contribution in [-0.2, 0) is 6.18 Å². The van der Waals surface area contributed by atoms with Crippen LogP contribution in [0.5, 0.6) is 0 Å². The number of halogens is 3. The number of para-hydroxylation sites is 1. The van der Waals surface area contributed by atoms with Gasteiger partial charge in [-0.1, -0.05) is 18.2 Å². The van der Waals surface area contributed by atoms with Gasteiger partial charge in [0.25, 0.3) is 11.8 Å². The van der Waals surface area contributed by atoms with Crippen LogP contribution in [0.1, 0.15) is 32.9 Å². The first kappa shape index (κ1) is 20.0. The molecule has 3 aromatic rings. The lowest BCUT2D eigenvalue weighted by Crippen LogP contribution is -2.30. The number of anilines is 1. The number of hydrogen-bond donors (Lipinski definition) is 2. The molecule has 2 aromatic carbocycles. The van der Waals surface area contributed by atoms with Gasteiger partial charge in [0, 0.05) is 29.7 Å². The largest absolute Gasteiger partial charge is 0.451 e. The monoisotopic (exact) mass is 418 g/mol. The second-order valence-corrected chi connectivity index (χ2v) is 7.09. The van der Waals surface area contributed by atoms with Gasteiger partial charge < -0.3 is 19.7 Å². The van der Waals surface area contributed by atoms with E-state index in [9.17, 15) is 27.9 Å². The molecule has 4 rings (SSSR count). The van der Waals surface area contributed by atoms with Crippen molar-refractivity contribution in [2.24, 2.45) is 0 Å². The van der Waals surface area contributed by atoms with Gasteiger partial charge in [0.05, 0.1) is 11.7 Å². The second kappa shape index (κ2) is 7.49. The van der Waals surface area contributed by atoms with Crippen molar-refractivity contribution in [2.45, 2.75) is 18.7 Å². The molecule has 156 valence electrons. The van der Waals surface area contributed by atoms with Gasteiger partial charge in [-0.15, -0.1) is 0 Å². The van der Waals surface area contributed by atoms with Crippen LogP contribution in [0.15, 0.2) is 52.9 Å². The molecule has 1 aliphatic heterocycles. The molecule has 1 fully saturated rings. The van der Waals surface area contributed by atoms with Crippen molar-refractivity contribution in [3.63, 3.8) is 0 Å². The number of amides is 2. The lowest BCUT2D eigenvalue weighted by Gasteiger charge is -2.18. The lowest BCUT2D eigenvalue weighted by atomic mass is 10.1. The Hall–Kier alpha value is -3.33. The van der Waals surface area contributed by atoms with Crippen molar-refractivity contribution in [1.82, 2.24) is 4.90 Å². The molecule has 0 saturated carbocycles. The van der Waals surface area contributed by atoms with E-state index in [-0.39, 0.29) is 30.1 Å². The number of aliphatic hydroxyl groups excluding tert-OH is 1. The summed E-state index contributed by atoms with van der Waals surface area (Å²) in [6.07, 6.45) is -5.05. The Kier molecular flexibility index (Phi) is 4.98. The minimum Gasteiger partial charge on any atom is -0.451 e. The van der Waals surface area contributed by atoms with Gasteiger partial charge in [0.15, 0.2) is 5.76 Å². The molecular weight excluding hydrogens is 401 g/mol. The molecule has 0 spiro atoms. The maximum absolute atomic E-state index is 13.4. The van der Waals surface area contributed by atoms with Crippen molar-refractivity contribution in [3.8, 4) is 0 Å². The zero-order valence-electron chi connectivity index (χ0n) is 15.6. The first-order chi connectivity index (χ1) is 14.2. The number of carbonyl (C=O) groups is 2. The van der Waals surface area contributed by atoms with Crippen LogP contribution in [0, 0.1) is 0 Å². The van der Waals surface area contributed by atoms with Crippen LogP contribution in [0.4, 0.5) is 18.9 Å². The molecular formula is C21H17F3N2O4. The molecule has 1 aliphatic rings. The summed E-state index contributed by atoms with van der Waals surface area (Å²) in [6, 6.07) is 11.1. The fourth-order valence-electron chi connectivity index (χ4n) is 3.38. The highest BCUT2D eigenvalue weighted by Crippen LogP contribution is 2.33. The summed E-state index contributed by atoms with van der Waals surface area (Å²) in [7, 11) is 0. The highest BCUT2D eigenvalue weighted by molar-refractivity contribution is 6.05. The number of nitrogens with one attached hydrogen (secondary N) is 1. The third kappa shape index (κ3) is 4.02. The van der Waals surface area contributed by atoms with E-state index in [1.165, 1.54) is 17.0 Å². The Morgan fingerprint density at radius 1 is 1.13 bits per heavy atom. The molecule has 1 unspecified atom stereocenters. The average Bonchev–Trinajstić information content (AvgIpc) is 3.32. The molecule has 1 saturated heterocycles. The SMILES string of the molecule is O=C(Nc1cc(C(=O)N2CCC(O)C2)cc(C(F)(F)F)c1)c1cc2ccccc2o1. The van der Waals surface area contributed by atoms with Crippen molar-refractivity contribution in [3.05, 3.63) is 65.4 Å². The van der Waals surface area contributed by atoms with E-state index < -0.39 is 29.7 Å². The Morgan fingerprint density at radius 3 is 2.57 bits per heavy atom. The van der Waals surface area contributed by atoms with Crippen molar-refractivity contribution < 1.29 is 32.3 Å². The minimum atomic E-state index is -4.71. The summed E-state index contributed by atoms with van der Waals surface area (Å²) in [6.45, 7) is 0.298. The highest BCUT2D eigenvalue weighted by atomic mass is 19.4. The molecule has 2 heterocycles. The average molecular weight is 418 g/mol. The Morgan fingerprint density at radius 2 is 1.90 bits per heavy atom. The molecule has 9 heteroatoms. The third-order valence-electron chi connectivity index (χ3n) is 4.87. The summed E-state index contributed by atoms with van der Waals surface area (Å²) in [5.74, 6) is -1.44. The standard InChI is InChI=1S/C21H17F3N2O4/c22-21(23,24)14-7-13(20(29)26-6-5-16(27)11-26)8-15(10-14)25-19(28)18-9-12-3-1-2-4-17(12)30-18/h1-4,7-10,16,27H,5-6,11H2,(H,25,28). The Bertz CT molecular complexity index is 1090. The first-order valence-corrected chi connectivity index (χ1v) is 9.20. The fourth-order valence-corrected chi connectivity index (χ4v) is 3.38. The molecule has 0 radical (unpaired) electrons. The van der Waals surface area contributed by atoms with Crippen molar-refractivity contribution >= 4 is 28.5 Å². The van der Waals surface area contributed by atoms with Gasteiger partial charge in [-0.3, -0.25) is 9.59 Å². The molecule has 2 amide bonds. The zero-order valence-corrected chi connectivity index (χ0v) is 15.6. The van der Waals surface area contributed by atoms with E-state index >= 15 is 0 Å². The number of aliphatic hydroxyl groups is 1. The number of nitrogens with zero attached hydrogens (tertiary/aromatic N) is 1. The van der Waals surface area contributed by atoms with Gasteiger partial charge in [-0.2, -0.15) is 13.2 Å². The maximum atomic E-state index is 13.4. The number of β-amino-alcohol motifs (C(OH)–C–C–N with tert-alkyl or cyclic N) is 1. The summed E-state index contributed by atoms with van der Waals surface area (Å²) >= 11 is 0. The van der Waals surface area contributed by atoms with Gasteiger partial charge in [-0.25, -0.2) is 0 Å². The topological polar surface area (TPSA) is 82.8 Å². The van der Waals surface area contributed by atoms with Crippen molar-refractivity contribution in [2.75, 3.05) is 18.4 Å². The second-order valence-electron chi connectivity index (χ2n) is 7.09. The lowest BCUT2D eigenvalue weighted by molar-refractivity contribution is -0.137. The first-order valence-electron chi connectivity index (χ1n) is 9.20. The summed E-state index contributed by atoms with van der Waals surface area (Å²) in [5, 5.41) is 12.6. The van der Waals surface area contributed by atoms with E-state index in [1.54, 1.807) is 24.3 Å². The van der Waals surface area contributed by atoms with Crippen LogP contribution < -0.4 is 5.32 Å². The van der Waals surface area contributed by atoms with E-state index in [4.69, 9.17) is 4.42 Å². The van der Waals surface area contributed by atoms with Gasteiger partial charge in [-0.05, 0) is 36.8 Å². The molecule has 0 aliphatic carbocycles. The smallest absolute Gasteiger partial charge is 0.416 e. The van der Waals surface area contributed by atoms with Crippen LogP contribution in [-0.4, -0.2) is 41.0 Å². The van der Waals surface area contributed by atoms with E-state index in [0.717, 1.165) is 12.1 Å². The Balaban J connectivity index is 1.64. The number of carbonyl (C=O) groups excluding carboxylic acids is 2. The molecule has 1 atom stereocenters. The zero-order chi connectivity index (χ0) is 21.5. The maximum Gasteiger partial charge on any atom is 0.416 e. The van der Waals surface area contributed by atoms with Crippen LogP contribution in [0.2, 0.25) is 0 Å². The molecule has 1 aromatic heterocycles. The number of benzene rings is 2. The number of likely N-dealkylation sites (tertiary alicyclic amines) is 1. The number of rotatable bonds is 3. The van der Waals surface area contributed by atoms with E-state index in [2.05, 4.69) is 5.32 Å². The quantitative estimate of drug-likeness (QED) is 0.676. The van der Waals surface area contributed by atoms with Crippen molar-refractivity contribution in [1.29, 1.82) is 0 Å². The number of fused-ring (bicyclic) bond motifs is 1. The summed E-state index contributed by atoms with van der Waals surface area (Å²) in [4.78, 5) is 26.4. The minimum absolute atomic E-state index is 0.0513. The van der Waals surface area contributed by atoms with Gasteiger partial charge >= 0.3 is 6.18 Å². The number of hydrogen-bond acceptors (Lipinski definition) is 4.